The molecule has 80 valence electrons. The van der Waals surface area contributed by atoms with Crippen molar-refractivity contribution in [1.29, 1.82) is 0 Å². The quantitative estimate of drug-likeness (QED) is 0.642. The van der Waals surface area contributed by atoms with Gasteiger partial charge in [-0.2, -0.15) is 11.8 Å². The van der Waals surface area contributed by atoms with Gasteiger partial charge in [-0.1, -0.05) is 27.7 Å². The molecule has 13 heavy (non-hydrogen) atoms. The van der Waals surface area contributed by atoms with Crippen molar-refractivity contribution in [2.24, 2.45) is 5.92 Å². The Hall–Kier alpha value is 0.310. The van der Waals surface area contributed by atoms with Gasteiger partial charge in [-0.05, 0) is 30.9 Å². The summed E-state index contributed by atoms with van der Waals surface area (Å²) in [5.41, 5.74) is -0.415. The topological polar surface area (TPSA) is 20.2 Å². The smallest absolute Gasteiger partial charge is 0.0732 e. The summed E-state index contributed by atoms with van der Waals surface area (Å²) in [4.78, 5) is 0. The molecule has 0 aliphatic carbocycles. The molecule has 0 heterocycles. The highest BCUT2D eigenvalue weighted by Crippen LogP contribution is 2.21. The molecule has 1 N–H and O–H groups in total. The number of hydrogen-bond donors (Lipinski definition) is 1. The van der Waals surface area contributed by atoms with E-state index in [-0.39, 0.29) is 0 Å². The van der Waals surface area contributed by atoms with Crippen molar-refractivity contribution in [1.82, 2.24) is 0 Å². The molecule has 0 unspecified atom stereocenters. The largest absolute Gasteiger partial charge is 0.389 e. The molecule has 0 atom stereocenters. The Morgan fingerprint density at radius 3 is 2.15 bits per heavy atom. The summed E-state index contributed by atoms with van der Waals surface area (Å²) in [6.07, 6.45) is 3.00. The maximum Gasteiger partial charge on any atom is 0.0732 e. The second-order valence-corrected chi connectivity index (χ2v) is 5.27. The second-order valence-electron chi connectivity index (χ2n) is 4.17. The van der Waals surface area contributed by atoms with E-state index in [0.717, 1.165) is 24.5 Å². The molecular weight excluding hydrogens is 180 g/mol. The van der Waals surface area contributed by atoms with Crippen molar-refractivity contribution in [3.63, 3.8) is 0 Å². The van der Waals surface area contributed by atoms with Gasteiger partial charge >= 0.3 is 0 Å². The van der Waals surface area contributed by atoms with Gasteiger partial charge in [0.2, 0.25) is 0 Å². The Morgan fingerprint density at radius 2 is 1.77 bits per heavy atom. The van der Waals surface area contributed by atoms with Crippen molar-refractivity contribution in [3.8, 4) is 0 Å². The SMILES string of the molecule is CCC(O)(CC)CSCCC(C)C. The highest BCUT2D eigenvalue weighted by atomic mass is 32.2. The molecule has 0 radical (unpaired) electrons. The molecule has 0 rings (SSSR count). The molecule has 0 aliphatic heterocycles. The Kier molecular flexibility index (Phi) is 6.88. The zero-order valence-corrected chi connectivity index (χ0v) is 10.3. The predicted molar refractivity (Wildman–Crippen MR) is 62.3 cm³/mol. The van der Waals surface area contributed by atoms with E-state index in [1.54, 1.807) is 0 Å². The molecule has 0 spiro atoms. The first kappa shape index (κ1) is 13.3. The minimum absolute atomic E-state index is 0.415. The second kappa shape index (κ2) is 6.72. The van der Waals surface area contributed by atoms with Gasteiger partial charge in [0.1, 0.15) is 0 Å². The third-order valence-electron chi connectivity index (χ3n) is 2.53. The minimum Gasteiger partial charge on any atom is -0.389 e. The molecule has 2 heteroatoms. The Bertz CT molecular complexity index is 119. The van der Waals surface area contributed by atoms with Crippen LogP contribution in [0.4, 0.5) is 0 Å². The van der Waals surface area contributed by atoms with Gasteiger partial charge in [0.05, 0.1) is 5.60 Å². The normalized spacial score (nSPS) is 12.5. The van der Waals surface area contributed by atoms with Crippen molar-refractivity contribution in [3.05, 3.63) is 0 Å². The monoisotopic (exact) mass is 204 g/mol. The van der Waals surface area contributed by atoms with Crippen LogP contribution in [-0.4, -0.2) is 22.2 Å². The van der Waals surface area contributed by atoms with Crippen LogP contribution in [0.15, 0.2) is 0 Å². The first-order valence-corrected chi connectivity index (χ1v) is 6.49. The molecular formula is C11H24OS. The maximum absolute atomic E-state index is 9.97. The molecule has 0 aromatic heterocycles. The molecule has 0 fully saturated rings. The fraction of sp³-hybridized carbons (Fsp3) is 1.00. The lowest BCUT2D eigenvalue weighted by Crippen LogP contribution is -2.29. The first-order valence-electron chi connectivity index (χ1n) is 5.34. The zero-order chi connectivity index (χ0) is 10.3. The molecule has 0 saturated carbocycles. The predicted octanol–water partition coefficient (Wildman–Crippen LogP) is 3.32. The number of aliphatic hydroxyl groups is 1. The van der Waals surface area contributed by atoms with Crippen LogP contribution < -0.4 is 0 Å². The van der Waals surface area contributed by atoms with Crippen LogP contribution in [-0.2, 0) is 0 Å². The molecule has 0 aromatic rings. The van der Waals surface area contributed by atoms with Crippen LogP contribution >= 0.6 is 11.8 Å². The minimum atomic E-state index is -0.415. The van der Waals surface area contributed by atoms with Crippen LogP contribution in [0, 0.1) is 5.92 Å². The molecule has 1 nitrogen and oxygen atoms in total. The maximum atomic E-state index is 9.97. The highest BCUT2D eigenvalue weighted by molar-refractivity contribution is 7.99. The van der Waals surface area contributed by atoms with Crippen molar-refractivity contribution < 1.29 is 5.11 Å². The number of hydrogen-bond acceptors (Lipinski definition) is 2. The van der Waals surface area contributed by atoms with E-state index in [2.05, 4.69) is 27.7 Å². The van der Waals surface area contributed by atoms with E-state index in [1.165, 1.54) is 12.2 Å². The van der Waals surface area contributed by atoms with Gasteiger partial charge in [0, 0.05) is 5.75 Å². The van der Waals surface area contributed by atoms with Gasteiger partial charge in [-0.3, -0.25) is 0 Å². The lowest BCUT2D eigenvalue weighted by atomic mass is 10.0. The van der Waals surface area contributed by atoms with E-state index in [4.69, 9.17) is 0 Å². The van der Waals surface area contributed by atoms with Gasteiger partial charge in [0.25, 0.3) is 0 Å². The van der Waals surface area contributed by atoms with Gasteiger partial charge in [-0.25, -0.2) is 0 Å². The molecule has 0 amide bonds. The number of rotatable bonds is 7. The van der Waals surface area contributed by atoms with Gasteiger partial charge < -0.3 is 5.11 Å². The summed E-state index contributed by atoms with van der Waals surface area (Å²) in [7, 11) is 0. The van der Waals surface area contributed by atoms with Crippen molar-refractivity contribution >= 4 is 11.8 Å². The summed E-state index contributed by atoms with van der Waals surface area (Å²) < 4.78 is 0. The Labute approximate surface area is 87.3 Å². The van der Waals surface area contributed by atoms with E-state index < -0.39 is 5.60 Å². The number of thioether (sulfide) groups is 1. The first-order chi connectivity index (χ1) is 6.04. The Morgan fingerprint density at radius 1 is 1.23 bits per heavy atom. The fourth-order valence-electron chi connectivity index (χ4n) is 1.04. The van der Waals surface area contributed by atoms with E-state index >= 15 is 0 Å². The van der Waals surface area contributed by atoms with Crippen LogP contribution in [0.3, 0.4) is 0 Å². The van der Waals surface area contributed by atoms with Crippen LogP contribution in [0.1, 0.15) is 47.0 Å². The van der Waals surface area contributed by atoms with Gasteiger partial charge in [0.15, 0.2) is 0 Å². The third kappa shape index (κ3) is 6.39. The van der Waals surface area contributed by atoms with Crippen LogP contribution in [0.5, 0.6) is 0 Å². The van der Waals surface area contributed by atoms with Crippen molar-refractivity contribution in [2.75, 3.05) is 11.5 Å². The third-order valence-corrected chi connectivity index (χ3v) is 3.79. The summed E-state index contributed by atoms with van der Waals surface area (Å²) in [6.45, 7) is 8.61. The lowest BCUT2D eigenvalue weighted by Gasteiger charge is -2.24. The highest BCUT2D eigenvalue weighted by Gasteiger charge is 2.21. The molecule has 0 bridgehead atoms. The summed E-state index contributed by atoms with van der Waals surface area (Å²) in [6, 6.07) is 0. The average Bonchev–Trinajstić information content (AvgIpc) is 2.12. The van der Waals surface area contributed by atoms with Crippen LogP contribution in [0.2, 0.25) is 0 Å². The van der Waals surface area contributed by atoms with E-state index in [9.17, 15) is 5.11 Å². The Balaban J connectivity index is 3.50. The molecule has 0 saturated heterocycles. The fourth-order valence-corrected chi connectivity index (χ4v) is 2.61. The molecule has 0 aromatic carbocycles. The summed E-state index contributed by atoms with van der Waals surface area (Å²) in [5.74, 6) is 2.86. The van der Waals surface area contributed by atoms with Crippen LogP contribution in [0.25, 0.3) is 0 Å². The van der Waals surface area contributed by atoms with E-state index in [1.807, 2.05) is 11.8 Å². The van der Waals surface area contributed by atoms with Gasteiger partial charge in [-0.15, -0.1) is 0 Å². The zero-order valence-electron chi connectivity index (χ0n) is 9.47. The summed E-state index contributed by atoms with van der Waals surface area (Å²) in [5, 5.41) is 9.97. The lowest BCUT2D eigenvalue weighted by molar-refractivity contribution is 0.0572. The van der Waals surface area contributed by atoms with E-state index in [0.29, 0.717) is 0 Å². The average molecular weight is 204 g/mol. The standard InChI is InChI=1S/C11H24OS/c1-5-11(12,6-2)9-13-8-7-10(3)4/h10,12H,5-9H2,1-4H3. The van der Waals surface area contributed by atoms with Crippen molar-refractivity contribution in [2.45, 2.75) is 52.6 Å². The molecule has 0 aliphatic rings. The summed E-state index contributed by atoms with van der Waals surface area (Å²) >= 11 is 1.89.